The van der Waals surface area contributed by atoms with Gasteiger partial charge in [0.05, 0.1) is 5.56 Å². The highest BCUT2D eigenvalue weighted by molar-refractivity contribution is 7.99. The molecule has 0 unspecified atom stereocenters. The van der Waals surface area contributed by atoms with Crippen LogP contribution in [0.1, 0.15) is 15.9 Å². The quantitative estimate of drug-likeness (QED) is 0.872. The summed E-state index contributed by atoms with van der Waals surface area (Å²) in [7, 11) is 0. The fourth-order valence-corrected chi connectivity index (χ4v) is 2.80. The van der Waals surface area contributed by atoms with Gasteiger partial charge in [0.2, 0.25) is 0 Å². The Morgan fingerprint density at radius 2 is 2.12 bits per heavy atom. The second-order valence-electron chi connectivity index (χ2n) is 3.89. The maximum Gasteiger partial charge on any atom is 0.335 e. The van der Waals surface area contributed by atoms with Crippen molar-refractivity contribution >= 4 is 17.7 Å². The van der Waals surface area contributed by atoms with Crippen LogP contribution in [0.25, 0.3) is 0 Å². The number of hydrogen-bond acceptors (Lipinski definition) is 3. The highest BCUT2D eigenvalue weighted by Gasteiger charge is 2.11. The second kappa shape index (κ2) is 5.37. The molecule has 1 N–H and O–H groups in total. The minimum absolute atomic E-state index is 0.379. The third-order valence-corrected chi connectivity index (χ3v) is 3.63. The van der Waals surface area contributed by atoms with Crippen LogP contribution < -0.4 is 0 Å². The largest absolute Gasteiger partial charge is 0.478 e. The van der Waals surface area contributed by atoms with Crippen molar-refractivity contribution in [3.63, 3.8) is 0 Å². The van der Waals surface area contributed by atoms with Gasteiger partial charge in [-0.2, -0.15) is 11.8 Å². The normalized spacial score (nSPS) is 17.2. The first-order chi connectivity index (χ1) is 7.75. The zero-order chi connectivity index (χ0) is 11.4. The van der Waals surface area contributed by atoms with Gasteiger partial charge in [-0.1, -0.05) is 12.1 Å². The third kappa shape index (κ3) is 3.00. The number of carboxylic acids is 1. The fourth-order valence-electron chi connectivity index (χ4n) is 1.82. The molecule has 1 heterocycles. The molecule has 0 spiro atoms. The lowest BCUT2D eigenvalue weighted by atomic mass is 10.1. The van der Waals surface area contributed by atoms with Crippen molar-refractivity contribution in [2.24, 2.45) is 0 Å². The van der Waals surface area contributed by atoms with Gasteiger partial charge < -0.3 is 5.11 Å². The zero-order valence-corrected chi connectivity index (χ0v) is 9.87. The number of benzene rings is 1. The van der Waals surface area contributed by atoms with E-state index < -0.39 is 5.97 Å². The Morgan fingerprint density at radius 3 is 2.81 bits per heavy atom. The molecule has 0 amide bonds. The minimum Gasteiger partial charge on any atom is -0.478 e. The molecule has 0 aromatic heterocycles. The maximum atomic E-state index is 10.8. The molecule has 0 bridgehead atoms. The van der Waals surface area contributed by atoms with Crippen LogP contribution in [0.5, 0.6) is 0 Å². The lowest BCUT2D eigenvalue weighted by molar-refractivity contribution is 0.0696. The summed E-state index contributed by atoms with van der Waals surface area (Å²) in [5.74, 6) is 1.51. The van der Waals surface area contributed by atoms with Crippen molar-refractivity contribution in [3.05, 3.63) is 35.4 Å². The molecule has 86 valence electrons. The van der Waals surface area contributed by atoms with E-state index in [0.717, 1.165) is 25.2 Å². The number of carbonyl (C=O) groups is 1. The van der Waals surface area contributed by atoms with Crippen LogP contribution in [-0.2, 0) is 6.54 Å². The Balaban J connectivity index is 2.02. The van der Waals surface area contributed by atoms with Crippen LogP contribution in [0.3, 0.4) is 0 Å². The number of carboxylic acid groups (broad SMARTS) is 1. The summed E-state index contributed by atoms with van der Waals surface area (Å²) in [6.45, 7) is 3.06. The summed E-state index contributed by atoms with van der Waals surface area (Å²) >= 11 is 1.98. The zero-order valence-electron chi connectivity index (χ0n) is 9.06. The van der Waals surface area contributed by atoms with E-state index in [1.165, 1.54) is 11.5 Å². The van der Waals surface area contributed by atoms with Gasteiger partial charge in [0, 0.05) is 31.1 Å². The van der Waals surface area contributed by atoms with Crippen molar-refractivity contribution < 1.29 is 9.90 Å². The molecule has 2 rings (SSSR count). The van der Waals surface area contributed by atoms with Gasteiger partial charge in [0.15, 0.2) is 0 Å². The van der Waals surface area contributed by atoms with Crippen molar-refractivity contribution in [2.75, 3.05) is 24.6 Å². The van der Waals surface area contributed by atoms with E-state index >= 15 is 0 Å². The van der Waals surface area contributed by atoms with E-state index in [2.05, 4.69) is 4.90 Å². The van der Waals surface area contributed by atoms with E-state index in [-0.39, 0.29) is 0 Å². The molecule has 1 saturated heterocycles. The van der Waals surface area contributed by atoms with Crippen molar-refractivity contribution in [1.29, 1.82) is 0 Å². The molecule has 0 saturated carbocycles. The molecule has 16 heavy (non-hydrogen) atoms. The smallest absolute Gasteiger partial charge is 0.335 e. The highest BCUT2D eigenvalue weighted by Crippen LogP contribution is 2.13. The van der Waals surface area contributed by atoms with Crippen molar-refractivity contribution in [2.45, 2.75) is 6.54 Å². The third-order valence-electron chi connectivity index (χ3n) is 2.68. The van der Waals surface area contributed by atoms with E-state index in [4.69, 9.17) is 5.11 Å². The summed E-state index contributed by atoms with van der Waals surface area (Å²) in [5.41, 5.74) is 1.47. The molecule has 4 heteroatoms. The molecule has 1 aliphatic rings. The molecule has 0 radical (unpaired) electrons. The Kier molecular flexibility index (Phi) is 3.85. The Morgan fingerprint density at radius 1 is 1.38 bits per heavy atom. The van der Waals surface area contributed by atoms with Gasteiger partial charge in [0.25, 0.3) is 0 Å². The Labute approximate surface area is 99.5 Å². The van der Waals surface area contributed by atoms with Crippen LogP contribution in [0.4, 0.5) is 0 Å². The molecular weight excluding hydrogens is 222 g/mol. The standard InChI is InChI=1S/C12H15NO2S/c14-12(15)11-3-1-2-10(8-11)9-13-4-6-16-7-5-13/h1-3,8H,4-7,9H2,(H,14,15). The van der Waals surface area contributed by atoms with Crippen LogP contribution in [-0.4, -0.2) is 40.6 Å². The maximum absolute atomic E-state index is 10.8. The first kappa shape index (κ1) is 11.5. The van der Waals surface area contributed by atoms with Gasteiger partial charge in [-0.3, -0.25) is 4.90 Å². The SMILES string of the molecule is O=C(O)c1cccc(CN2CCSCC2)c1. The molecule has 1 fully saturated rings. The molecule has 1 aromatic rings. The van der Waals surface area contributed by atoms with Gasteiger partial charge in [-0.05, 0) is 17.7 Å². The van der Waals surface area contributed by atoms with Crippen LogP contribution >= 0.6 is 11.8 Å². The van der Waals surface area contributed by atoms with E-state index in [9.17, 15) is 4.79 Å². The molecule has 0 atom stereocenters. The molecular formula is C12H15NO2S. The number of rotatable bonds is 3. The first-order valence-corrected chi connectivity index (χ1v) is 6.53. The van der Waals surface area contributed by atoms with E-state index in [1.54, 1.807) is 12.1 Å². The highest BCUT2D eigenvalue weighted by atomic mass is 32.2. The summed E-state index contributed by atoms with van der Waals surface area (Å²) in [5, 5.41) is 8.90. The fraction of sp³-hybridized carbons (Fsp3) is 0.417. The van der Waals surface area contributed by atoms with Gasteiger partial charge in [-0.25, -0.2) is 4.79 Å². The number of thioether (sulfide) groups is 1. The predicted octanol–water partition coefficient (Wildman–Crippen LogP) is 1.93. The average Bonchev–Trinajstić information content (AvgIpc) is 2.30. The predicted molar refractivity (Wildman–Crippen MR) is 66.0 cm³/mol. The van der Waals surface area contributed by atoms with Crippen molar-refractivity contribution in [1.82, 2.24) is 4.90 Å². The average molecular weight is 237 g/mol. The van der Waals surface area contributed by atoms with Gasteiger partial charge >= 0.3 is 5.97 Å². The Hall–Kier alpha value is -1.00. The number of nitrogens with zero attached hydrogens (tertiary/aromatic N) is 1. The van der Waals surface area contributed by atoms with Crippen molar-refractivity contribution in [3.8, 4) is 0 Å². The molecule has 3 nitrogen and oxygen atoms in total. The molecule has 1 aliphatic heterocycles. The summed E-state index contributed by atoms with van der Waals surface area (Å²) in [4.78, 5) is 13.2. The lowest BCUT2D eigenvalue weighted by Gasteiger charge is -2.26. The summed E-state index contributed by atoms with van der Waals surface area (Å²) < 4.78 is 0. The minimum atomic E-state index is -0.851. The number of hydrogen-bond donors (Lipinski definition) is 1. The van der Waals surface area contributed by atoms with Crippen LogP contribution in [0, 0.1) is 0 Å². The summed E-state index contributed by atoms with van der Waals surface area (Å²) in [6.07, 6.45) is 0. The van der Waals surface area contributed by atoms with Crippen LogP contribution in [0.15, 0.2) is 24.3 Å². The van der Waals surface area contributed by atoms with E-state index in [1.807, 2.05) is 23.9 Å². The van der Waals surface area contributed by atoms with E-state index in [0.29, 0.717) is 5.56 Å². The monoisotopic (exact) mass is 237 g/mol. The first-order valence-electron chi connectivity index (χ1n) is 5.38. The topological polar surface area (TPSA) is 40.5 Å². The molecule has 1 aromatic carbocycles. The summed E-state index contributed by atoms with van der Waals surface area (Å²) in [6, 6.07) is 7.22. The van der Waals surface area contributed by atoms with Gasteiger partial charge in [0.1, 0.15) is 0 Å². The Bertz CT molecular complexity index is 375. The number of aromatic carboxylic acids is 1. The van der Waals surface area contributed by atoms with Gasteiger partial charge in [-0.15, -0.1) is 0 Å². The molecule has 0 aliphatic carbocycles. The lowest BCUT2D eigenvalue weighted by Crippen LogP contribution is -2.31. The van der Waals surface area contributed by atoms with Crippen LogP contribution in [0.2, 0.25) is 0 Å². The second-order valence-corrected chi connectivity index (χ2v) is 5.12.